The van der Waals surface area contributed by atoms with Gasteiger partial charge in [0, 0.05) is 6.20 Å². The molecule has 0 aromatic carbocycles. The van der Waals surface area contributed by atoms with Crippen LogP contribution in [0.3, 0.4) is 0 Å². The molecule has 0 amide bonds. The third kappa shape index (κ3) is 1.90. The lowest BCUT2D eigenvalue weighted by atomic mass is 10.6. The number of fused-ring (bicyclic) bond motifs is 1. The van der Waals surface area contributed by atoms with Gasteiger partial charge in [-0.3, -0.25) is 0 Å². The van der Waals surface area contributed by atoms with Crippen molar-refractivity contribution >= 4 is 15.5 Å². The normalized spacial score (nSPS) is 12.1. The zero-order chi connectivity index (χ0) is 10.2. The summed E-state index contributed by atoms with van der Waals surface area (Å²) in [6.07, 6.45) is 6.23. The molecule has 2 aromatic rings. The highest BCUT2D eigenvalue weighted by Gasteiger charge is 2.08. The van der Waals surface area contributed by atoms with Gasteiger partial charge in [0.15, 0.2) is 15.5 Å². The Morgan fingerprint density at radius 1 is 1.50 bits per heavy atom. The SMILES string of the molecule is [CH2]S(=O)(=O)Cc1cn2ncccc2n1. The summed E-state index contributed by atoms with van der Waals surface area (Å²) in [6, 6.07) is 3.50. The fourth-order valence-electron chi connectivity index (χ4n) is 1.17. The summed E-state index contributed by atoms with van der Waals surface area (Å²) in [7, 11) is -3.28. The van der Waals surface area contributed by atoms with Crippen LogP contribution in [0.15, 0.2) is 24.5 Å². The number of rotatable bonds is 2. The Morgan fingerprint density at radius 2 is 2.29 bits per heavy atom. The van der Waals surface area contributed by atoms with Gasteiger partial charge in [0.1, 0.15) is 0 Å². The van der Waals surface area contributed by atoms with E-state index in [2.05, 4.69) is 16.3 Å². The van der Waals surface area contributed by atoms with Gasteiger partial charge < -0.3 is 0 Å². The first-order chi connectivity index (χ1) is 6.54. The van der Waals surface area contributed by atoms with E-state index in [4.69, 9.17) is 0 Å². The van der Waals surface area contributed by atoms with Gasteiger partial charge in [-0.1, -0.05) is 0 Å². The molecular weight excluding hydrogens is 202 g/mol. The van der Waals surface area contributed by atoms with Crippen molar-refractivity contribution in [2.75, 3.05) is 0 Å². The molecule has 0 atom stereocenters. The molecule has 2 rings (SSSR count). The molecule has 0 saturated heterocycles. The molecule has 0 unspecified atom stereocenters. The van der Waals surface area contributed by atoms with Crippen molar-refractivity contribution in [3.63, 3.8) is 0 Å². The predicted octanol–water partition coefficient (Wildman–Crippen LogP) is 0.436. The molecule has 0 aliphatic heterocycles. The number of nitrogens with zero attached hydrogens (tertiary/aromatic N) is 3. The van der Waals surface area contributed by atoms with Crippen LogP contribution in [0.2, 0.25) is 0 Å². The third-order valence-corrected chi connectivity index (χ3v) is 2.39. The Kier molecular flexibility index (Phi) is 1.99. The second kappa shape index (κ2) is 3.06. The summed E-state index contributed by atoms with van der Waals surface area (Å²) < 4.78 is 23.3. The lowest BCUT2D eigenvalue weighted by Crippen LogP contribution is -1.98. The molecule has 2 aromatic heterocycles. The first-order valence-corrected chi connectivity index (χ1v) is 5.72. The monoisotopic (exact) mass is 210 g/mol. The number of hydrogen-bond acceptors (Lipinski definition) is 4. The molecule has 1 radical (unpaired) electrons. The summed E-state index contributed by atoms with van der Waals surface area (Å²) in [5, 5.41) is 3.97. The standard InChI is InChI=1S/C8H8N3O2S/c1-14(12,13)6-7-5-11-8(10-7)3-2-4-9-11/h2-5H,1,6H2. The molecule has 0 N–H and O–H groups in total. The van der Waals surface area contributed by atoms with Crippen LogP contribution in [0.4, 0.5) is 0 Å². The summed E-state index contributed by atoms with van der Waals surface area (Å²) >= 11 is 0. The van der Waals surface area contributed by atoms with Crippen molar-refractivity contribution in [3.8, 4) is 0 Å². The molecule has 5 nitrogen and oxygen atoms in total. The second-order valence-electron chi connectivity index (χ2n) is 2.95. The Labute approximate surface area is 81.3 Å². The van der Waals surface area contributed by atoms with Crippen LogP contribution in [-0.2, 0) is 15.6 Å². The quantitative estimate of drug-likeness (QED) is 0.721. The van der Waals surface area contributed by atoms with Crippen LogP contribution in [0.5, 0.6) is 0 Å². The second-order valence-corrected chi connectivity index (χ2v) is 4.72. The minimum Gasteiger partial charge on any atom is -0.231 e. The average Bonchev–Trinajstić information content (AvgIpc) is 2.42. The van der Waals surface area contributed by atoms with Gasteiger partial charge in [-0.2, -0.15) is 5.10 Å². The molecule has 0 bridgehead atoms. The smallest absolute Gasteiger partial charge is 0.157 e. The lowest BCUT2D eigenvalue weighted by Gasteiger charge is -1.89. The first-order valence-electron chi connectivity index (χ1n) is 3.90. The van der Waals surface area contributed by atoms with Crippen LogP contribution in [0, 0.1) is 6.26 Å². The highest BCUT2D eigenvalue weighted by molar-refractivity contribution is 7.91. The number of sulfone groups is 1. The zero-order valence-corrected chi connectivity index (χ0v) is 8.11. The molecule has 0 saturated carbocycles. The fourth-order valence-corrected chi connectivity index (χ4v) is 1.76. The van der Waals surface area contributed by atoms with E-state index in [1.54, 1.807) is 24.5 Å². The lowest BCUT2D eigenvalue weighted by molar-refractivity contribution is 0.603. The van der Waals surface area contributed by atoms with Crippen molar-refractivity contribution < 1.29 is 8.42 Å². The van der Waals surface area contributed by atoms with Gasteiger partial charge in [-0.15, -0.1) is 0 Å². The summed E-state index contributed by atoms with van der Waals surface area (Å²) in [5.74, 6) is -0.156. The van der Waals surface area contributed by atoms with E-state index in [1.807, 2.05) is 0 Å². The zero-order valence-electron chi connectivity index (χ0n) is 7.29. The van der Waals surface area contributed by atoms with Gasteiger partial charge in [-0.05, 0) is 12.1 Å². The highest BCUT2D eigenvalue weighted by atomic mass is 32.2. The summed E-state index contributed by atoms with van der Waals surface area (Å²) in [6.45, 7) is 0. The first kappa shape index (κ1) is 9.14. The van der Waals surface area contributed by atoms with Crippen molar-refractivity contribution in [2.45, 2.75) is 5.75 Å². The molecular formula is C8H8N3O2S. The molecule has 14 heavy (non-hydrogen) atoms. The van der Waals surface area contributed by atoms with Gasteiger partial charge >= 0.3 is 0 Å². The largest absolute Gasteiger partial charge is 0.231 e. The van der Waals surface area contributed by atoms with Gasteiger partial charge in [-0.25, -0.2) is 17.9 Å². The van der Waals surface area contributed by atoms with E-state index in [0.717, 1.165) is 0 Å². The molecule has 2 heterocycles. The number of imidazole rings is 1. The number of hydrogen-bond donors (Lipinski definition) is 0. The highest BCUT2D eigenvalue weighted by Crippen LogP contribution is 2.06. The Bertz CT molecular complexity index is 526. The molecule has 0 fully saturated rings. The Hall–Kier alpha value is -1.43. The van der Waals surface area contributed by atoms with E-state index in [9.17, 15) is 8.42 Å². The van der Waals surface area contributed by atoms with E-state index in [0.29, 0.717) is 11.3 Å². The summed E-state index contributed by atoms with van der Waals surface area (Å²) in [4.78, 5) is 4.08. The van der Waals surface area contributed by atoms with E-state index in [-0.39, 0.29) is 5.75 Å². The van der Waals surface area contributed by atoms with Crippen LogP contribution in [0.1, 0.15) is 5.69 Å². The van der Waals surface area contributed by atoms with E-state index in [1.165, 1.54) is 4.52 Å². The van der Waals surface area contributed by atoms with Gasteiger partial charge in [0.05, 0.1) is 23.9 Å². The fraction of sp³-hybridized carbons (Fsp3) is 0.125. The maximum absolute atomic E-state index is 10.9. The summed E-state index contributed by atoms with van der Waals surface area (Å²) in [5.41, 5.74) is 1.09. The maximum atomic E-state index is 10.9. The minimum atomic E-state index is -3.28. The van der Waals surface area contributed by atoms with Gasteiger partial charge in [0.2, 0.25) is 0 Å². The van der Waals surface area contributed by atoms with Crippen LogP contribution in [-0.4, -0.2) is 23.0 Å². The van der Waals surface area contributed by atoms with Crippen LogP contribution in [0.25, 0.3) is 5.65 Å². The van der Waals surface area contributed by atoms with Crippen LogP contribution >= 0.6 is 0 Å². The van der Waals surface area contributed by atoms with Crippen molar-refractivity contribution in [1.82, 2.24) is 14.6 Å². The maximum Gasteiger partial charge on any atom is 0.157 e. The van der Waals surface area contributed by atoms with Crippen LogP contribution < -0.4 is 0 Å². The van der Waals surface area contributed by atoms with Crippen molar-refractivity contribution in [1.29, 1.82) is 0 Å². The van der Waals surface area contributed by atoms with Crippen molar-refractivity contribution in [2.24, 2.45) is 0 Å². The van der Waals surface area contributed by atoms with Gasteiger partial charge in [0.25, 0.3) is 0 Å². The van der Waals surface area contributed by atoms with Crippen molar-refractivity contribution in [3.05, 3.63) is 36.5 Å². The Morgan fingerprint density at radius 3 is 2.93 bits per heavy atom. The molecule has 0 spiro atoms. The van der Waals surface area contributed by atoms with E-state index < -0.39 is 9.84 Å². The average molecular weight is 210 g/mol. The van der Waals surface area contributed by atoms with E-state index >= 15 is 0 Å². The predicted molar refractivity (Wildman–Crippen MR) is 51.0 cm³/mol. The third-order valence-electron chi connectivity index (χ3n) is 1.65. The minimum absolute atomic E-state index is 0.156. The Balaban J connectivity index is 2.46. The topological polar surface area (TPSA) is 64.3 Å². The molecule has 73 valence electrons. The number of aromatic nitrogens is 3. The molecule has 0 aliphatic carbocycles. The molecule has 0 aliphatic rings. The molecule has 6 heteroatoms.